The summed E-state index contributed by atoms with van der Waals surface area (Å²) in [6.07, 6.45) is 1.72. The predicted octanol–water partition coefficient (Wildman–Crippen LogP) is 2.66. The molecule has 5 nitrogen and oxygen atoms in total. The van der Waals surface area contributed by atoms with Crippen molar-refractivity contribution in [2.45, 2.75) is 25.5 Å². The van der Waals surface area contributed by atoms with Gasteiger partial charge >= 0.3 is 6.09 Å². The van der Waals surface area contributed by atoms with Gasteiger partial charge in [0.25, 0.3) is 0 Å². The number of piperidine rings is 3. The number of carbonyl (C=O) groups excluding carboxylic acids is 1. The van der Waals surface area contributed by atoms with E-state index in [9.17, 15) is 9.18 Å². The molecule has 0 unspecified atom stereocenters. The minimum absolute atomic E-state index is 0. The van der Waals surface area contributed by atoms with Crippen molar-refractivity contribution in [3.63, 3.8) is 0 Å². The number of nitrogens with zero attached hydrogens (tertiary/aromatic N) is 2. The van der Waals surface area contributed by atoms with Gasteiger partial charge < -0.3 is 30.9 Å². The van der Waals surface area contributed by atoms with E-state index in [0.29, 0.717) is 24.8 Å². The van der Waals surface area contributed by atoms with Crippen LogP contribution in [-0.2, 0) is 11.3 Å². The molecule has 0 aromatic heterocycles. The number of halogens is 2. The molecule has 0 spiro atoms. The fraction of sp³-hybridized carbons (Fsp3) is 0.345. The molecule has 3 aromatic rings. The van der Waals surface area contributed by atoms with Crippen LogP contribution in [0, 0.1) is 11.7 Å². The van der Waals surface area contributed by atoms with Gasteiger partial charge in [0.2, 0.25) is 0 Å². The van der Waals surface area contributed by atoms with Crippen molar-refractivity contribution in [2.75, 3.05) is 37.7 Å². The number of hydrogen-bond acceptors (Lipinski definition) is 3. The average molecular weight is 555 g/mol. The van der Waals surface area contributed by atoms with Crippen LogP contribution in [0.4, 0.5) is 14.9 Å². The van der Waals surface area contributed by atoms with E-state index in [2.05, 4.69) is 0 Å². The Morgan fingerprint density at radius 1 is 0.917 bits per heavy atom. The minimum Gasteiger partial charge on any atom is -1.00 e. The standard InChI is InChI=1S/C29H32FN2O3.BrH/c30-25-11-13-27(14-12-25)34-20-19-32-17-15-24(16-18-32)28(22-32)35-29(33)31(26-9-5-2-6-10-26)21-23-7-3-1-4-8-23;/h1-14,24,28H,15-22H2;1H/q+1;/p-1/t24?,28-,32?;/m0./s1. The van der Waals surface area contributed by atoms with Gasteiger partial charge in [-0.3, -0.25) is 4.90 Å². The number of ether oxygens (including phenoxy) is 2. The van der Waals surface area contributed by atoms with Gasteiger partial charge in [-0.25, -0.2) is 9.18 Å². The zero-order valence-electron chi connectivity index (χ0n) is 20.3. The summed E-state index contributed by atoms with van der Waals surface area (Å²) in [5.74, 6) is 0.823. The first-order valence-corrected chi connectivity index (χ1v) is 12.4. The second kappa shape index (κ2) is 11.9. The minimum atomic E-state index is -0.292. The van der Waals surface area contributed by atoms with Gasteiger partial charge in [-0.15, -0.1) is 0 Å². The van der Waals surface area contributed by atoms with Crippen molar-refractivity contribution in [1.82, 2.24) is 0 Å². The molecule has 0 radical (unpaired) electrons. The Morgan fingerprint density at radius 2 is 1.56 bits per heavy atom. The highest BCUT2D eigenvalue weighted by atomic mass is 79.9. The summed E-state index contributed by atoms with van der Waals surface area (Å²) in [4.78, 5) is 15.2. The molecule has 3 fully saturated rings. The second-order valence-electron chi connectivity index (χ2n) is 9.66. The first-order valence-electron chi connectivity index (χ1n) is 12.4. The molecular weight excluding hydrogens is 523 g/mol. The first-order chi connectivity index (χ1) is 17.1. The van der Waals surface area contributed by atoms with E-state index in [0.717, 1.165) is 54.8 Å². The van der Waals surface area contributed by atoms with Crippen molar-refractivity contribution in [1.29, 1.82) is 0 Å². The van der Waals surface area contributed by atoms with Crippen LogP contribution in [0.25, 0.3) is 0 Å². The van der Waals surface area contributed by atoms with E-state index in [1.165, 1.54) is 12.1 Å². The van der Waals surface area contributed by atoms with E-state index in [1.54, 1.807) is 17.0 Å². The van der Waals surface area contributed by atoms with Crippen LogP contribution >= 0.6 is 0 Å². The molecule has 3 saturated heterocycles. The molecule has 0 N–H and O–H groups in total. The average Bonchev–Trinajstić information content (AvgIpc) is 2.90. The second-order valence-corrected chi connectivity index (χ2v) is 9.66. The molecule has 1 atom stereocenters. The largest absolute Gasteiger partial charge is 1.00 e. The Kier molecular flexibility index (Phi) is 8.64. The fourth-order valence-electron chi connectivity index (χ4n) is 5.39. The van der Waals surface area contributed by atoms with Crippen LogP contribution in [0.1, 0.15) is 18.4 Å². The van der Waals surface area contributed by atoms with Gasteiger partial charge in [-0.2, -0.15) is 0 Å². The molecule has 36 heavy (non-hydrogen) atoms. The lowest BCUT2D eigenvalue weighted by molar-refractivity contribution is -0.946. The third-order valence-corrected chi connectivity index (χ3v) is 7.41. The number of para-hydroxylation sites is 1. The quantitative estimate of drug-likeness (QED) is 0.402. The lowest BCUT2D eigenvalue weighted by Crippen LogP contribution is -3.00. The van der Waals surface area contributed by atoms with Gasteiger partial charge in [0.15, 0.2) is 6.10 Å². The van der Waals surface area contributed by atoms with Crippen LogP contribution in [-0.4, -0.2) is 49.5 Å². The van der Waals surface area contributed by atoms with Crippen molar-refractivity contribution in [2.24, 2.45) is 5.92 Å². The molecule has 0 saturated carbocycles. The SMILES string of the molecule is O=C(O[C@H]1C[N+]2(CCOc3ccc(F)cc3)CCC1CC2)N(Cc1ccccc1)c1ccccc1.[Br-]. The van der Waals surface area contributed by atoms with Crippen molar-refractivity contribution < 1.29 is 40.1 Å². The molecule has 2 bridgehead atoms. The maximum atomic E-state index is 13.5. The fourth-order valence-corrected chi connectivity index (χ4v) is 5.39. The Hall–Kier alpha value is -2.90. The highest BCUT2D eigenvalue weighted by molar-refractivity contribution is 5.87. The number of benzene rings is 3. The summed E-state index contributed by atoms with van der Waals surface area (Å²) in [6.45, 7) is 4.85. The van der Waals surface area contributed by atoms with Crippen molar-refractivity contribution >= 4 is 11.8 Å². The molecule has 3 aromatic carbocycles. The van der Waals surface area contributed by atoms with Gasteiger partial charge in [0, 0.05) is 24.4 Å². The summed E-state index contributed by atoms with van der Waals surface area (Å²) in [5, 5.41) is 0. The number of rotatable bonds is 8. The lowest BCUT2D eigenvalue weighted by Gasteiger charge is -2.52. The smallest absolute Gasteiger partial charge is 0.415 e. The highest BCUT2D eigenvalue weighted by Crippen LogP contribution is 2.36. The van der Waals surface area contributed by atoms with E-state index in [4.69, 9.17) is 9.47 Å². The monoisotopic (exact) mass is 554 g/mol. The van der Waals surface area contributed by atoms with Crippen LogP contribution in [0.2, 0.25) is 0 Å². The number of amides is 1. The molecular formula is C29H32BrFN2O3. The molecule has 7 heteroatoms. The number of fused-ring (bicyclic) bond motifs is 3. The highest BCUT2D eigenvalue weighted by Gasteiger charge is 2.47. The molecule has 0 aliphatic carbocycles. The van der Waals surface area contributed by atoms with Gasteiger partial charge in [-0.1, -0.05) is 48.5 Å². The number of carbonyl (C=O) groups is 1. The first kappa shape index (κ1) is 26.2. The predicted molar refractivity (Wildman–Crippen MR) is 134 cm³/mol. The lowest BCUT2D eigenvalue weighted by atomic mass is 9.83. The Balaban J connectivity index is 0.00000304. The Labute approximate surface area is 222 Å². The van der Waals surface area contributed by atoms with Gasteiger partial charge in [-0.05, 0) is 42.0 Å². The molecule has 3 aliphatic heterocycles. The van der Waals surface area contributed by atoms with E-state index in [1.807, 2.05) is 60.7 Å². The summed E-state index contributed by atoms with van der Waals surface area (Å²) in [6, 6.07) is 25.9. The maximum absolute atomic E-state index is 13.5. The Bertz CT molecular complexity index is 1110. The van der Waals surface area contributed by atoms with Gasteiger partial charge in [0.1, 0.15) is 31.3 Å². The number of quaternary nitrogens is 1. The molecule has 1 amide bonds. The van der Waals surface area contributed by atoms with Crippen LogP contribution in [0.5, 0.6) is 5.75 Å². The van der Waals surface area contributed by atoms with Crippen LogP contribution in [0.15, 0.2) is 84.9 Å². The van der Waals surface area contributed by atoms with E-state index in [-0.39, 0.29) is 35.0 Å². The third-order valence-electron chi connectivity index (χ3n) is 7.41. The van der Waals surface area contributed by atoms with Crippen LogP contribution < -0.4 is 26.6 Å². The van der Waals surface area contributed by atoms with E-state index < -0.39 is 0 Å². The zero-order chi connectivity index (χ0) is 24.1. The van der Waals surface area contributed by atoms with E-state index >= 15 is 0 Å². The number of anilines is 1. The number of hydrogen-bond donors (Lipinski definition) is 0. The summed E-state index contributed by atoms with van der Waals surface area (Å²) in [5.41, 5.74) is 1.89. The van der Waals surface area contributed by atoms with Crippen LogP contribution in [0.3, 0.4) is 0 Å². The molecule has 3 aliphatic rings. The summed E-state index contributed by atoms with van der Waals surface area (Å²) in [7, 11) is 0. The summed E-state index contributed by atoms with van der Waals surface area (Å²) >= 11 is 0. The van der Waals surface area contributed by atoms with Gasteiger partial charge in [0.05, 0.1) is 19.6 Å². The molecule has 6 rings (SSSR count). The van der Waals surface area contributed by atoms with Crippen molar-refractivity contribution in [3.05, 3.63) is 96.3 Å². The normalized spacial score (nSPS) is 22.4. The topological polar surface area (TPSA) is 38.8 Å². The maximum Gasteiger partial charge on any atom is 0.415 e. The Morgan fingerprint density at radius 3 is 2.22 bits per heavy atom. The molecule has 190 valence electrons. The third kappa shape index (κ3) is 6.26. The molecule has 3 heterocycles. The zero-order valence-corrected chi connectivity index (χ0v) is 21.9. The van der Waals surface area contributed by atoms with Crippen molar-refractivity contribution in [3.8, 4) is 5.75 Å². The summed E-state index contributed by atoms with van der Waals surface area (Å²) < 4.78 is 26.1.